The molecule has 0 aromatic heterocycles. The highest BCUT2D eigenvalue weighted by Crippen LogP contribution is 2.20. The molecule has 0 heterocycles. The Morgan fingerprint density at radius 2 is 1.50 bits per heavy atom. The number of amides is 1. The van der Waals surface area contributed by atoms with Crippen LogP contribution in [0.3, 0.4) is 0 Å². The van der Waals surface area contributed by atoms with Crippen LogP contribution in [0.5, 0.6) is 0 Å². The first-order valence-electron chi connectivity index (χ1n) is 5.02. The second kappa shape index (κ2) is 4.45. The number of carbonyl (C=O) groups is 2. The van der Waals surface area contributed by atoms with Crippen molar-refractivity contribution in [2.75, 3.05) is 0 Å². The lowest BCUT2D eigenvalue weighted by atomic mass is 9.86. The van der Waals surface area contributed by atoms with Gasteiger partial charge in [0.25, 0.3) is 5.91 Å². The van der Waals surface area contributed by atoms with E-state index in [1.54, 1.807) is 24.3 Å². The number of hydrogen-bond donors (Lipinski definition) is 2. The lowest BCUT2D eigenvalue weighted by molar-refractivity contribution is 0.0857. The molecule has 0 fully saturated rings. The monoisotopic (exact) mass is 220 g/mol. The van der Waals surface area contributed by atoms with E-state index in [9.17, 15) is 9.59 Å². The van der Waals surface area contributed by atoms with Gasteiger partial charge in [-0.25, -0.2) is 5.84 Å². The minimum Gasteiger partial charge on any atom is -0.294 e. The van der Waals surface area contributed by atoms with E-state index in [2.05, 4.69) is 0 Å². The highest BCUT2D eigenvalue weighted by Gasteiger charge is 2.22. The van der Waals surface area contributed by atoms with Gasteiger partial charge < -0.3 is 0 Å². The Kier molecular flexibility index (Phi) is 3.44. The maximum Gasteiger partial charge on any atom is 0.265 e. The van der Waals surface area contributed by atoms with E-state index in [-0.39, 0.29) is 11.7 Å². The van der Waals surface area contributed by atoms with Gasteiger partial charge in [-0.2, -0.15) is 0 Å². The van der Waals surface area contributed by atoms with Crippen molar-refractivity contribution in [3.63, 3.8) is 0 Å². The van der Waals surface area contributed by atoms with Crippen LogP contribution in [0, 0.1) is 5.41 Å². The van der Waals surface area contributed by atoms with Crippen LogP contribution < -0.4 is 11.3 Å². The van der Waals surface area contributed by atoms with Crippen molar-refractivity contribution in [2.24, 2.45) is 11.3 Å². The Bertz CT molecular complexity index is 402. The molecular weight excluding hydrogens is 204 g/mol. The summed E-state index contributed by atoms with van der Waals surface area (Å²) in [6.45, 7) is 5.57. The molecule has 1 aromatic carbocycles. The number of carbonyl (C=O) groups excluding carboxylic acids is 2. The van der Waals surface area contributed by atoms with E-state index < -0.39 is 5.41 Å². The summed E-state index contributed by atoms with van der Waals surface area (Å²) in [5.41, 5.74) is 2.65. The number of nitrogens with two attached hydrogens (primary N) is 1. The first-order chi connectivity index (χ1) is 7.36. The predicted octanol–water partition coefficient (Wildman–Crippen LogP) is 1.52. The van der Waals surface area contributed by atoms with Crippen molar-refractivity contribution in [1.29, 1.82) is 0 Å². The summed E-state index contributed by atoms with van der Waals surface area (Å²) >= 11 is 0. The van der Waals surface area contributed by atoms with Crippen molar-refractivity contribution < 1.29 is 9.59 Å². The molecule has 86 valence electrons. The van der Waals surface area contributed by atoms with Crippen LogP contribution in [0.2, 0.25) is 0 Å². The summed E-state index contributed by atoms with van der Waals surface area (Å²) in [4.78, 5) is 23.1. The van der Waals surface area contributed by atoms with Crippen LogP contribution >= 0.6 is 0 Å². The number of benzene rings is 1. The molecule has 0 atom stereocenters. The molecule has 1 rings (SSSR count). The zero-order valence-corrected chi connectivity index (χ0v) is 9.70. The summed E-state index contributed by atoms with van der Waals surface area (Å²) in [6.07, 6.45) is 0. The van der Waals surface area contributed by atoms with Gasteiger partial charge in [-0.3, -0.25) is 15.0 Å². The van der Waals surface area contributed by atoms with Gasteiger partial charge in [0, 0.05) is 16.5 Å². The van der Waals surface area contributed by atoms with Crippen molar-refractivity contribution >= 4 is 11.7 Å². The van der Waals surface area contributed by atoms with Gasteiger partial charge >= 0.3 is 0 Å². The Balaban J connectivity index is 2.96. The van der Waals surface area contributed by atoms with Gasteiger partial charge in [0.05, 0.1) is 0 Å². The number of hydrogen-bond acceptors (Lipinski definition) is 3. The molecule has 0 saturated carbocycles. The van der Waals surface area contributed by atoms with Gasteiger partial charge in [0.1, 0.15) is 0 Å². The van der Waals surface area contributed by atoms with Crippen molar-refractivity contribution in [3.05, 3.63) is 35.4 Å². The van der Waals surface area contributed by atoms with Crippen molar-refractivity contribution in [3.8, 4) is 0 Å². The maximum atomic E-state index is 11.9. The predicted molar refractivity (Wildman–Crippen MR) is 61.9 cm³/mol. The Morgan fingerprint density at radius 3 is 1.88 bits per heavy atom. The van der Waals surface area contributed by atoms with Crippen LogP contribution in [-0.4, -0.2) is 11.7 Å². The molecule has 0 radical (unpaired) electrons. The van der Waals surface area contributed by atoms with E-state index in [1.807, 2.05) is 26.2 Å². The molecule has 4 nitrogen and oxygen atoms in total. The second-order valence-corrected chi connectivity index (χ2v) is 4.63. The van der Waals surface area contributed by atoms with Gasteiger partial charge in [-0.1, -0.05) is 32.9 Å². The zero-order chi connectivity index (χ0) is 12.3. The average Bonchev–Trinajstić information content (AvgIpc) is 2.26. The largest absolute Gasteiger partial charge is 0.294 e. The van der Waals surface area contributed by atoms with E-state index in [1.165, 1.54) is 0 Å². The minimum absolute atomic E-state index is 0.0483. The van der Waals surface area contributed by atoms with E-state index in [4.69, 9.17) is 5.84 Å². The van der Waals surface area contributed by atoms with Crippen LogP contribution in [0.15, 0.2) is 24.3 Å². The molecule has 0 bridgehead atoms. The third kappa shape index (κ3) is 2.67. The van der Waals surface area contributed by atoms with Crippen LogP contribution in [0.4, 0.5) is 0 Å². The van der Waals surface area contributed by atoms with Crippen molar-refractivity contribution in [2.45, 2.75) is 20.8 Å². The van der Waals surface area contributed by atoms with Gasteiger partial charge in [0.15, 0.2) is 5.78 Å². The fraction of sp³-hybridized carbons (Fsp3) is 0.333. The summed E-state index contributed by atoms with van der Waals surface area (Å²) in [7, 11) is 0. The fourth-order valence-electron chi connectivity index (χ4n) is 1.29. The molecule has 1 amide bonds. The molecule has 0 saturated heterocycles. The number of hydrazine groups is 1. The minimum atomic E-state index is -0.419. The van der Waals surface area contributed by atoms with Crippen molar-refractivity contribution in [1.82, 2.24) is 5.43 Å². The van der Waals surface area contributed by atoms with Gasteiger partial charge in [-0.15, -0.1) is 0 Å². The summed E-state index contributed by atoms with van der Waals surface area (Å²) in [5.74, 6) is 4.69. The quantitative estimate of drug-likeness (QED) is 0.343. The lowest BCUT2D eigenvalue weighted by Crippen LogP contribution is -2.30. The highest BCUT2D eigenvalue weighted by molar-refractivity contribution is 6.01. The molecule has 3 N–H and O–H groups in total. The summed E-state index contributed by atoms with van der Waals surface area (Å²) in [5, 5.41) is 0. The molecule has 0 aliphatic carbocycles. The van der Waals surface area contributed by atoms with Crippen LogP contribution in [0.25, 0.3) is 0 Å². The smallest absolute Gasteiger partial charge is 0.265 e. The Labute approximate surface area is 94.8 Å². The van der Waals surface area contributed by atoms with Crippen LogP contribution in [-0.2, 0) is 0 Å². The molecule has 1 aromatic rings. The maximum absolute atomic E-state index is 11.9. The molecule has 0 unspecified atom stereocenters. The molecule has 16 heavy (non-hydrogen) atoms. The first kappa shape index (κ1) is 12.4. The average molecular weight is 220 g/mol. The summed E-state index contributed by atoms with van der Waals surface area (Å²) < 4.78 is 0. The summed E-state index contributed by atoms with van der Waals surface area (Å²) in [6, 6.07) is 6.44. The SMILES string of the molecule is CC(C)(C)C(=O)c1ccc(C(=O)NN)cc1. The third-order valence-corrected chi connectivity index (χ3v) is 2.22. The van der Waals surface area contributed by atoms with Crippen LogP contribution in [0.1, 0.15) is 41.5 Å². The fourth-order valence-corrected chi connectivity index (χ4v) is 1.29. The first-order valence-corrected chi connectivity index (χ1v) is 5.02. The second-order valence-electron chi connectivity index (χ2n) is 4.63. The Hall–Kier alpha value is -1.68. The highest BCUT2D eigenvalue weighted by atomic mass is 16.2. The molecule has 0 spiro atoms. The van der Waals surface area contributed by atoms with E-state index in [0.717, 1.165) is 0 Å². The lowest BCUT2D eigenvalue weighted by Gasteiger charge is -2.16. The normalized spacial score (nSPS) is 11.0. The van der Waals surface area contributed by atoms with E-state index in [0.29, 0.717) is 11.1 Å². The van der Waals surface area contributed by atoms with Gasteiger partial charge in [-0.05, 0) is 12.1 Å². The molecular formula is C12H16N2O2. The zero-order valence-electron chi connectivity index (χ0n) is 9.70. The number of Topliss-reactive ketones (excluding diaryl/α,β-unsaturated/α-hetero) is 1. The number of rotatable bonds is 2. The Morgan fingerprint density at radius 1 is 1.06 bits per heavy atom. The molecule has 0 aliphatic rings. The number of nitrogens with one attached hydrogen (secondary N) is 1. The third-order valence-electron chi connectivity index (χ3n) is 2.22. The molecule has 4 heteroatoms. The molecule has 0 aliphatic heterocycles. The number of nitrogen functional groups attached to an aromatic ring is 1. The number of ketones is 1. The topological polar surface area (TPSA) is 72.2 Å². The standard InChI is InChI=1S/C12H16N2O2/c1-12(2,3)10(15)8-4-6-9(7-5-8)11(16)14-13/h4-7H,13H2,1-3H3,(H,14,16). The van der Waals surface area contributed by atoms with Gasteiger partial charge in [0.2, 0.25) is 0 Å². The van der Waals surface area contributed by atoms with E-state index >= 15 is 0 Å².